The molecule has 2 heterocycles. The zero-order chi connectivity index (χ0) is 16.4. The van der Waals surface area contributed by atoms with Gasteiger partial charge < -0.3 is 10.1 Å². The highest BCUT2D eigenvalue weighted by atomic mass is 35.5. The molecule has 7 heteroatoms. The molecule has 3 aromatic rings. The van der Waals surface area contributed by atoms with Crippen LogP contribution in [0.15, 0.2) is 30.3 Å². The number of halogens is 1. The van der Waals surface area contributed by atoms with Crippen molar-refractivity contribution in [3.05, 3.63) is 46.5 Å². The van der Waals surface area contributed by atoms with Gasteiger partial charge in [0.2, 0.25) is 0 Å². The summed E-state index contributed by atoms with van der Waals surface area (Å²) in [5.41, 5.74) is 1.86. The molecule has 0 aliphatic carbocycles. The maximum absolute atomic E-state index is 11.6. The van der Waals surface area contributed by atoms with Gasteiger partial charge in [0, 0.05) is 11.4 Å². The first-order chi connectivity index (χ1) is 11.1. The second-order valence-corrected chi connectivity index (χ2v) is 6.52. The normalized spacial score (nSPS) is 10.7. The molecule has 0 unspecified atom stereocenters. The molecule has 0 bridgehead atoms. The van der Waals surface area contributed by atoms with Crippen LogP contribution < -0.4 is 10.1 Å². The first kappa shape index (κ1) is 15.7. The molecule has 0 radical (unpaired) electrons. The van der Waals surface area contributed by atoms with Gasteiger partial charge in [0.25, 0.3) is 5.24 Å². The monoisotopic (exact) mass is 347 g/mol. The third-order valence-electron chi connectivity index (χ3n) is 3.29. The summed E-state index contributed by atoms with van der Waals surface area (Å²) >= 11 is 7.17. The van der Waals surface area contributed by atoms with Gasteiger partial charge in [-0.3, -0.25) is 4.79 Å². The Morgan fingerprint density at radius 1 is 1.30 bits per heavy atom. The third-order valence-corrected chi connectivity index (χ3v) is 4.40. The predicted molar refractivity (Wildman–Crippen MR) is 92.7 cm³/mol. The number of methoxy groups -OCH3 is 1. The number of nitrogens with one attached hydrogen (secondary N) is 1. The maximum atomic E-state index is 11.6. The second-order valence-electron chi connectivity index (χ2n) is 4.94. The zero-order valence-electron chi connectivity index (χ0n) is 12.6. The van der Waals surface area contributed by atoms with Gasteiger partial charge in [-0.05, 0) is 42.3 Å². The highest BCUT2D eigenvalue weighted by Gasteiger charge is 2.15. The number of ether oxygens (including phenoxy) is 1. The van der Waals surface area contributed by atoms with E-state index >= 15 is 0 Å². The quantitative estimate of drug-likeness (QED) is 0.707. The fourth-order valence-corrected chi connectivity index (χ4v) is 3.12. The second kappa shape index (κ2) is 6.52. The number of thiophene rings is 1. The number of benzene rings is 1. The molecule has 23 heavy (non-hydrogen) atoms. The molecule has 0 atom stereocenters. The van der Waals surface area contributed by atoms with Crippen LogP contribution in [0.5, 0.6) is 5.75 Å². The summed E-state index contributed by atoms with van der Waals surface area (Å²) < 4.78 is 5.13. The van der Waals surface area contributed by atoms with E-state index in [1.165, 1.54) is 11.3 Å². The van der Waals surface area contributed by atoms with Crippen molar-refractivity contribution in [1.82, 2.24) is 9.97 Å². The van der Waals surface area contributed by atoms with Gasteiger partial charge >= 0.3 is 0 Å². The molecule has 1 N–H and O–H groups in total. The first-order valence-corrected chi connectivity index (χ1v) is 8.11. The minimum atomic E-state index is -0.625. The van der Waals surface area contributed by atoms with Crippen molar-refractivity contribution in [2.75, 3.05) is 12.4 Å². The lowest BCUT2D eigenvalue weighted by Gasteiger charge is -2.09. The van der Waals surface area contributed by atoms with Crippen LogP contribution in [0.4, 0.5) is 5.82 Å². The summed E-state index contributed by atoms with van der Waals surface area (Å²) in [7, 11) is 1.62. The van der Waals surface area contributed by atoms with Crippen LogP contribution in [0, 0.1) is 6.92 Å². The number of rotatable bonds is 5. The van der Waals surface area contributed by atoms with E-state index < -0.39 is 5.24 Å². The average Bonchev–Trinajstić information content (AvgIpc) is 2.91. The lowest BCUT2D eigenvalue weighted by Crippen LogP contribution is -2.08. The molecular weight excluding hydrogens is 334 g/mol. The highest BCUT2D eigenvalue weighted by Crippen LogP contribution is 2.26. The Hall–Kier alpha value is -2.18. The molecular formula is C16H14ClN3O2S. The molecule has 0 aliphatic rings. The first-order valence-electron chi connectivity index (χ1n) is 6.91. The maximum Gasteiger partial charge on any atom is 0.274 e. The number of aromatic nitrogens is 2. The Kier molecular flexibility index (Phi) is 4.45. The minimum absolute atomic E-state index is 0.144. The van der Waals surface area contributed by atoms with Crippen molar-refractivity contribution in [2.24, 2.45) is 0 Å². The summed E-state index contributed by atoms with van der Waals surface area (Å²) in [6.45, 7) is 2.48. The van der Waals surface area contributed by atoms with Crippen molar-refractivity contribution >= 4 is 44.3 Å². The summed E-state index contributed by atoms with van der Waals surface area (Å²) in [6.07, 6.45) is 0. The molecule has 3 rings (SSSR count). The molecule has 118 valence electrons. The predicted octanol–water partition coefficient (Wildman–Crippen LogP) is 4.00. The third kappa shape index (κ3) is 3.43. The largest absolute Gasteiger partial charge is 0.497 e. The van der Waals surface area contributed by atoms with Crippen LogP contribution in [0.2, 0.25) is 0 Å². The van der Waals surface area contributed by atoms with Crippen LogP contribution in [0.25, 0.3) is 10.3 Å². The van der Waals surface area contributed by atoms with Gasteiger partial charge in [0.15, 0.2) is 11.5 Å². The van der Waals surface area contributed by atoms with Gasteiger partial charge in [0.1, 0.15) is 16.1 Å². The number of anilines is 1. The average molecular weight is 348 g/mol. The van der Waals surface area contributed by atoms with E-state index in [1.807, 2.05) is 37.3 Å². The number of hydrogen-bond donors (Lipinski definition) is 1. The van der Waals surface area contributed by atoms with E-state index in [2.05, 4.69) is 15.3 Å². The number of carbonyl (C=O) groups is 1. The van der Waals surface area contributed by atoms with E-state index in [0.717, 1.165) is 21.0 Å². The minimum Gasteiger partial charge on any atom is -0.497 e. The lowest BCUT2D eigenvalue weighted by atomic mass is 10.2. The Morgan fingerprint density at radius 3 is 2.70 bits per heavy atom. The Bertz CT molecular complexity index is 862. The number of carbonyl (C=O) groups excluding carboxylic acids is 1. The highest BCUT2D eigenvalue weighted by molar-refractivity contribution is 7.18. The van der Waals surface area contributed by atoms with E-state index in [4.69, 9.17) is 16.3 Å². The van der Waals surface area contributed by atoms with Crippen molar-refractivity contribution < 1.29 is 9.53 Å². The summed E-state index contributed by atoms with van der Waals surface area (Å²) in [5, 5.41) is 2.51. The molecule has 5 nitrogen and oxygen atoms in total. The number of nitrogens with zero attached hydrogens (tertiary/aromatic N) is 2. The van der Waals surface area contributed by atoms with Gasteiger partial charge in [-0.2, -0.15) is 0 Å². The topological polar surface area (TPSA) is 64.1 Å². The standard InChI is InChI=1S/C16H14ClN3O2S/c1-9-7-12-16(23-9)20-15(13(19-12)14(17)21)18-8-10-3-5-11(22-2)6-4-10/h3-7H,8H2,1-2H3,(H,18,20). The van der Waals surface area contributed by atoms with Crippen molar-refractivity contribution in [1.29, 1.82) is 0 Å². The van der Waals surface area contributed by atoms with E-state index in [9.17, 15) is 4.79 Å². The fraction of sp³-hybridized carbons (Fsp3) is 0.188. The van der Waals surface area contributed by atoms with E-state index in [0.29, 0.717) is 17.9 Å². The van der Waals surface area contributed by atoms with E-state index in [1.54, 1.807) is 7.11 Å². The van der Waals surface area contributed by atoms with Crippen LogP contribution in [0.3, 0.4) is 0 Å². The summed E-state index contributed by atoms with van der Waals surface area (Å²) in [6, 6.07) is 9.53. The molecule has 0 spiro atoms. The molecule has 2 aromatic heterocycles. The van der Waals surface area contributed by atoms with Crippen LogP contribution in [-0.4, -0.2) is 22.3 Å². The molecule has 0 fully saturated rings. The molecule has 0 saturated carbocycles. The molecule has 0 aliphatic heterocycles. The SMILES string of the molecule is COc1ccc(CNc2nc3sc(C)cc3nc2C(=O)Cl)cc1. The van der Waals surface area contributed by atoms with Crippen LogP contribution in [-0.2, 0) is 6.54 Å². The number of aryl methyl sites for hydroxylation is 1. The van der Waals surface area contributed by atoms with E-state index in [-0.39, 0.29) is 5.69 Å². The van der Waals surface area contributed by atoms with Gasteiger partial charge in [0.05, 0.1) is 7.11 Å². The molecule has 1 aromatic carbocycles. The number of hydrogen-bond acceptors (Lipinski definition) is 6. The van der Waals surface area contributed by atoms with Crippen LogP contribution >= 0.6 is 22.9 Å². The van der Waals surface area contributed by atoms with Gasteiger partial charge in [-0.1, -0.05) is 12.1 Å². The molecule has 0 amide bonds. The Balaban J connectivity index is 1.88. The van der Waals surface area contributed by atoms with Crippen molar-refractivity contribution in [2.45, 2.75) is 13.5 Å². The van der Waals surface area contributed by atoms with Crippen LogP contribution in [0.1, 0.15) is 20.9 Å². The molecule has 0 saturated heterocycles. The lowest BCUT2D eigenvalue weighted by molar-refractivity contribution is 0.107. The van der Waals surface area contributed by atoms with Crippen molar-refractivity contribution in [3.63, 3.8) is 0 Å². The summed E-state index contributed by atoms with van der Waals surface area (Å²) in [5.74, 6) is 1.19. The summed E-state index contributed by atoms with van der Waals surface area (Å²) in [4.78, 5) is 22.3. The smallest absolute Gasteiger partial charge is 0.274 e. The Morgan fingerprint density at radius 2 is 2.04 bits per heavy atom. The number of fused-ring (bicyclic) bond motifs is 1. The van der Waals surface area contributed by atoms with Crippen molar-refractivity contribution in [3.8, 4) is 5.75 Å². The zero-order valence-corrected chi connectivity index (χ0v) is 14.2. The van der Waals surface area contributed by atoms with Gasteiger partial charge in [-0.25, -0.2) is 9.97 Å². The fourth-order valence-electron chi connectivity index (χ4n) is 2.17. The van der Waals surface area contributed by atoms with Gasteiger partial charge in [-0.15, -0.1) is 11.3 Å². The Labute approximate surface area is 142 Å².